The lowest BCUT2D eigenvalue weighted by Gasteiger charge is -2.37. The molecule has 1 saturated carbocycles. The third kappa shape index (κ3) is 9.22. The second-order valence-corrected chi connectivity index (χ2v) is 8.23. The Kier molecular flexibility index (Phi) is 12.8. The van der Waals surface area contributed by atoms with Crippen LogP contribution in [0.5, 0.6) is 0 Å². The maximum atomic E-state index is 9.53. The van der Waals surface area contributed by atoms with E-state index in [1.165, 1.54) is 43.2 Å². The highest BCUT2D eigenvalue weighted by molar-refractivity contribution is 14.0. The minimum Gasteiger partial charge on any atom is -0.396 e. The third-order valence-corrected chi connectivity index (χ3v) is 5.93. The molecule has 1 fully saturated rings. The van der Waals surface area contributed by atoms with Gasteiger partial charge in [0.1, 0.15) is 0 Å². The number of guanidine groups is 1. The number of hydrogen-bond acceptors (Lipinski definition) is 3. The summed E-state index contributed by atoms with van der Waals surface area (Å²) in [6, 6.07) is 8.72. The predicted octanol–water partition coefficient (Wildman–Crippen LogP) is 4.14. The van der Waals surface area contributed by atoms with Crippen molar-refractivity contribution in [1.29, 1.82) is 0 Å². The van der Waals surface area contributed by atoms with Crippen LogP contribution in [-0.2, 0) is 13.1 Å². The fraction of sp³-hybridized carbons (Fsp3) is 0.696. The standard InChI is InChI=1S/C23H40N4O.HI/c1-4-24-22(26-19-23(14-15-28)12-7-6-8-13-23)25-17-20-10-9-11-21(16-20)18-27(3)5-2;/h9-11,16,28H,4-8,12-15,17-19H2,1-3H3,(H2,24,25,26);1H. The zero-order chi connectivity index (χ0) is 20.2. The average Bonchev–Trinajstić information content (AvgIpc) is 2.71. The van der Waals surface area contributed by atoms with Crippen LogP contribution in [0.2, 0.25) is 0 Å². The lowest BCUT2D eigenvalue weighted by Crippen LogP contribution is -2.44. The summed E-state index contributed by atoms with van der Waals surface area (Å²) >= 11 is 0. The number of halogens is 1. The molecule has 1 aromatic rings. The molecule has 0 heterocycles. The van der Waals surface area contributed by atoms with E-state index in [4.69, 9.17) is 4.99 Å². The van der Waals surface area contributed by atoms with Gasteiger partial charge in [0, 0.05) is 26.2 Å². The Morgan fingerprint density at radius 3 is 2.52 bits per heavy atom. The summed E-state index contributed by atoms with van der Waals surface area (Å²) in [6.07, 6.45) is 7.15. The number of hydrogen-bond donors (Lipinski definition) is 3. The number of rotatable bonds is 10. The summed E-state index contributed by atoms with van der Waals surface area (Å²) in [5, 5.41) is 16.5. The fourth-order valence-electron chi connectivity index (χ4n) is 4.09. The molecular weight excluding hydrogens is 475 g/mol. The number of nitrogens with one attached hydrogen (secondary N) is 2. The van der Waals surface area contributed by atoms with Gasteiger partial charge in [0.25, 0.3) is 0 Å². The first-order valence-corrected chi connectivity index (χ1v) is 11.0. The van der Waals surface area contributed by atoms with Crippen LogP contribution in [0.15, 0.2) is 29.3 Å². The normalized spacial score (nSPS) is 16.4. The highest BCUT2D eigenvalue weighted by atomic mass is 127. The topological polar surface area (TPSA) is 59.9 Å². The second-order valence-electron chi connectivity index (χ2n) is 8.23. The first-order chi connectivity index (χ1) is 13.6. The lowest BCUT2D eigenvalue weighted by atomic mass is 9.72. The molecule has 0 atom stereocenters. The molecule has 2 rings (SSSR count). The van der Waals surface area contributed by atoms with E-state index in [2.05, 4.69) is 60.7 Å². The maximum Gasteiger partial charge on any atom is 0.191 e. The summed E-state index contributed by atoms with van der Waals surface area (Å²) in [5.41, 5.74) is 2.79. The van der Waals surface area contributed by atoms with Crippen molar-refractivity contribution >= 4 is 29.9 Å². The Bertz CT molecular complexity index is 597. The highest BCUT2D eigenvalue weighted by Crippen LogP contribution is 2.38. The molecule has 1 aromatic carbocycles. The summed E-state index contributed by atoms with van der Waals surface area (Å²) in [7, 11) is 2.14. The Morgan fingerprint density at radius 1 is 1.14 bits per heavy atom. The van der Waals surface area contributed by atoms with Crippen molar-refractivity contribution in [1.82, 2.24) is 15.5 Å². The maximum absolute atomic E-state index is 9.53. The van der Waals surface area contributed by atoms with Gasteiger partial charge in [0.2, 0.25) is 0 Å². The average molecular weight is 517 g/mol. The van der Waals surface area contributed by atoms with Gasteiger partial charge in [-0.3, -0.25) is 0 Å². The lowest BCUT2D eigenvalue weighted by molar-refractivity contribution is 0.131. The molecule has 0 saturated heterocycles. The van der Waals surface area contributed by atoms with Crippen LogP contribution >= 0.6 is 24.0 Å². The van der Waals surface area contributed by atoms with E-state index in [1.54, 1.807) is 0 Å². The van der Waals surface area contributed by atoms with Gasteiger partial charge >= 0.3 is 0 Å². The van der Waals surface area contributed by atoms with Gasteiger partial charge < -0.3 is 20.6 Å². The molecule has 0 unspecified atom stereocenters. The molecule has 5 nitrogen and oxygen atoms in total. The van der Waals surface area contributed by atoms with Crippen LogP contribution in [-0.4, -0.2) is 49.3 Å². The summed E-state index contributed by atoms with van der Waals surface area (Å²) in [4.78, 5) is 7.12. The van der Waals surface area contributed by atoms with E-state index >= 15 is 0 Å². The molecule has 29 heavy (non-hydrogen) atoms. The largest absolute Gasteiger partial charge is 0.396 e. The smallest absolute Gasteiger partial charge is 0.191 e. The van der Waals surface area contributed by atoms with Crippen LogP contribution in [0.3, 0.4) is 0 Å². The number of aliphatic imine (C=N–C) groups is 1. The quantitative estimate of drug-likeness (QED) is 0.249. The molecule has 166 valence electrons. The number of aliphatic hydroxyl groups is 1. The van der Waals surface area contributed by atoms with Gasteiger partial charge in [-0.25, -0.2) is 4.99 Å². The SMILES string of the molecule is CCNC(=NCc1cccc(CN(C)CC)c1)NCC1(CCO)CCCCC1.I. The van der Waals surface area contributed by atoms with E-state index in [0.717, 1.165) is 38.6 Å². The van der Waals surface area contributed by atoms with Crippen molar-refractivity contribution in [3.05, 3.63) is 35.4 Å². The van der Waals surface area contributed by atoms with Gasteiger partial charge in [-0.15, -0.1) is 24.0 Å². The number of aliphatic hydroxyl groups excluding tert-OH is 1. The second kappa shape index (κ2) is 14.2. The summed E-state index contributed by atoms with van der Waals surface area (Å²) in [5.74, 6) is 0.876. The molecule has 6 heteroatoms. The van der Waals surface area contributed by atoms with Crippen LogP contribution in [0.4, 0.5) is 0 Å². The molecule has 0 radical (unpaired) electrons. The molecule has 0 aliphatic heterocycles. The van der Waals surface area contributed by atoms with Gasteiger partial charge in [0.05, 0.1) is 6.54 Å². The van der Waals surface area contributed by atoms with Crippen molar-refractivity contribution in [3.63, 3.8) is 0 Å². The van der Waals surface area contributed by atoms with Crippen molar-refractivity contribution in [2.24, 2.45) is 10.4 Å². The Labute approximate surface area is 194 Å². The van der Waals surface area contributed by atoms with Crippen molar-refractivity contribution < 1.29 is 5.11 Å². The van der Waals surface area contributed by atoms with Gasteiger partial charge in [-0.05, 0) is 56.3 Å². The first-order valence-electron chi connectivity index (χ1n) is 11.0. The Hall–Kier alpha value is -0.860. The van der Waals surface area contributed by atoms with Gasteiger partial charge in [-0.2, -0.15) is 0 Å². The Morgan fingerprint density at radius 2 is 1.86 bits per heavy atom. The molecule has 0 bridgehead atoms. The molecule has 0 spiro atoms. The van der Waals surface area contributed by atoms with E-state index in [1.807, 2.05) is 0 Å². The number of benzene rings is 1. The molecule has 0 amide bonds. The summed E-state index contributed by atoms with van der Waals surface area (Å²) in [6.45, 7) is 8.98. The predicted molar refractivity (Wildman–Crippen MR) is 134 cm³/mol. The van der Waals surface area contributed by atoms with E-state index in [-0.39, 0.29) is 36.0 Å². The highest BCUT2D eigenvalue weighted by Gasteiger charge is 2.31. The minimum absolute atomic E-state index is 0. The Balaban J connectivity index is 0.00000420. The minimum atomic E-state index is 0. The van der Waals surface area contributed by atoms with Crippen LogP contribution < -0.4 is 10.6 Å². The van der Waals surface area contributed by atoms with Crippen molar-refractivity contribution in [3.8, 4) is 0 Å². The van der Waals surface area contributed by atoms with E-state index in [0.29, 0.717) is 6.54 Å². The van der Waals surface area contributed by atoms with Crippen LogP contribution in [0, 0.1) is 5.41 Å². The fourth-order valence-corrected chi connectivity index (χ4v) is 4.09. The molecule has 1 aliphatic carbocycles. The zero-order valence-corrected chi connectivity index (χ0v) is 20.9. The molecule has 1 aliphatic rings. The van der Waals surface area contributed by atoms with Crippen LogP contribution in [0.1, 0.15) is 63.5 Å². The third-order valence-electron chi connectivity index (χ3n) is 5.93. The summed E-state index contributed by atoms with van der Waals surface area (Å²) < 4.78 is 0. The monoisotopic (exact) mass is 516 g/mol. The number of nitrogens with zero attached hydrogens (tertiary/aromatic N) is 2. The van der Waals surface area contributed by atoms with Crippen molar-refractivity contribution in [2.75, 3.05) is 33.3 Å². The van der Waals surface area contributed by atoms with Crippen molar-refractivity contribution in [2.45, 2.75) is 65.5 Å². The molecule has 3 N–H and O–H groups in total. The molecule has 0 aromatic heterocycles. The van der Waals surface area contributed by atoms with Crippen LogP contribution in [0.25, 0.3) is 0 Å². The van der Waals surface area contributed by atoms with Gasteiger partial charge in [-0.1, -0.05) is 50.5 Å². The van der Waals surface area contributed by atoms with Gasteiger partial charge in [0.15, 0.2) is 5.96 Å². The zero-order valence-electron chi connectivity index (χ0n) is 18.5. The van der Waals surface area contributed by atoms with E-state index < -0.39 is 0 Å². The first kappa shape index (κ1) is 26.2. The molecular formula is C23H41IN4O. The van der Waals surface area contributed by atoms with E-state index in [9.17, 15) is 5.11 Å².